The highest BCUT2D eigenvalue weighted by atomic mass is 32.2. The molecule has 12 heteroatoms. The lowest BCUT2D eigenvalue weighted by molar-refractivity contribution is 0.122. The zero-order valence-corrected chi connectivity index (χ0v) is 21.2. The number of anilines is 2. The van der Waals surface area contributed by atoms with E-state index in [1.807, 2.05) is 7.05 Å². The van der Waals surface area contributed by atoms with Gasteiger partial charge in [0.25, 0.3) is 6.43 Å². The second-order valence-corrected chi connectivity index (χ2v) is 11.5. The maximum absolute atomic E-state index is 13.6. The average molecular weight is 523 g/mol. The summed E-state index contributed by atoms with van der Waals surface area (Å²) in [6, 6.07) is 0.992. The van der Waals surface area contributed by atoms with Gasteiger partial charge in [-0.05, 0) is 93.8 Å². The van der Waals surface area contributed by atoms with E-state index in [1.54, 1.807) is 0 Å². The molecule has 5 rings (SSSR count). The Morgan fingerprint density at radius 2 is 1.78 bits per heavy atom. The van der Waals surface area contributed by atoms with Crippen LogP contribution in [0.1, 0.15) is 47.9 Å². The number of aryl methyl sites for hydroxylation is 2. The number of alkyl halides is 2. The fraction of sp³-hybridized carbons (Fsp3) is 0.583. The van der Waals surface area contributed by atoms with Crippen molar-refractivity contribution < 1.29 is 22.0 Å². The van der Waals surface area contributed by atoms with E-state index in [0.29, 0.717) is 25.9 Å². The molecular weight excluding hydrogens is 490 g/mol. The van der Waals surface area contributed by atoms with Crippen LogP contribution in [0.2, 0.25) is 0 Å². The Kier molecular flexibility index (Phi) is 6.90. The van der Waals surface area contributed by atoms with E-state index in [9.17, 15) is 22.0 Å². The van der Waals surface area contributed by atoms with Gasteiger partial charge in [0.2, 0.25) is 0 Å². The fourth-order valence-electron chi connectivity index (χ4n) is 5.76. The lowest BCUT2D eigenvalue weighted by Crippen LogP contribution is -2.52. The highest BCUT2D eigenvalue weighted by Crippen LogP contribution is 2.38. The van der Waals surface area contributed by atoms with Crippen LogP contribution in [0.4, 0.5) is 25.0 Å². The van der Waals surface area contributed by atoms with Crippen LogP contribution >= 0.6 is 0 Å². The summed E-state index contributed by atoms with van der Waals surface area (Å²) in [4.78, 5) is 15.2. The number of nitrogens with one attached hydrogen (secondary N) is 2. The number of halogens is 2. The first-order valence-corrected chi connectivity index (χ1v) is 13.9. The van der Waals surface area contributed by atoms with Crippen LogP contribution in [0.15, 0.2) is 18.5 Å². The third-order valence-corrected chi connectivity index (χ3v) is 8.88. The van der Waals surface area contributed by atoms with Gasteiger partial charge in [0.1, 0.15) is 6.54 Å². The molecule has 1 aromatic carbocycles. The van der Waals surface area contributed by atoms with E-state index in [-0.39, 0.29) is 5.69 Å². The number of nitrogens with zero attached hydrogens (tertiary/aromatic N) is 4. The molecule has 3 aliphatic rings. The predicted octanol–water partition coefficient (Wildman–Crippen LogP) is 3.09. The van der Waals surface area contributed by atoms with Crippen molar-refractivity contribution in [1.82, 2.24) is 19.4 Å². The molecule has 0 atom stereocenters. The maximum Gasteiger partial charge on any atom is 0.334 e. The molecule has 1 aliphatic heterocycles. The summed E-state index contributed by atoms with van der Waals surface area (Å²) >= 11 is 0. The first-order chi connectivity index (χ1) is 17.2. The number of fused-ring (bicyclic) bond motifs is 2. The zero-order chi connectivity index (χ0) is 25.4. The molecule has 0 bridgehead atoms. The Morgan fingerprint density at radius 3 is 2.39 bits per heavy atom. The predicted molar refractivity (Wildman–Crippen MR) is 133 cm³/mol. The van der Waals surface area contributed by atoms with Crippen molar-refractivity contribution in [3.8, 4) is 0 Å². The normalized spacial score (nSPS) is 18.3. The number of benzene rings is 1. The minimum Gasteiger partial charge on any atom is -0.307 e. The third kappa shape index (κ3) is 5.06. The summed E-state index contributed by atoms with van der Waals surface area (Å²) in [7, 11) is -2.39. The molecule has 0 radical (unpaired) electrons. The van der Waals surface area contributed by atoms with E-state index < -0.39 is 35.3 Å². The van der Waals surface area contributed by atoms with Gasteiger partial charge in [-0.1, -0.05) is 6.07 Å². The topological polar surface area (TPSA) is 99.6 Å². The summed E-state index contributed by atoms with van der Waals surface area (Å²) in [6.07, 6.45) is 6.67. The number of rotatable bonds is 7. The van der Waals surface area contributed by atoms with Crippen molar-refractivity contribution in [3.05, 3.63) is 40.7 Å². The number of carbonyl (C=O) groups is 1. The van der Waals surface area contributed by atoms with Crippen molar-refractivity contribution in [3.63, 3.8) is 0 Å². The van der Waals surface area contributed by atoms with Gasteiger partial charge in [-0.2, -0.15) is 13.5 Å². The highest BCUT2D eigenvalue weighted by Gasteiger charge is 2.35. The maximum atomic E-state index is 13.6. The zero-order valence-electron chi connectivity index (χ0n) is 20.3. The number of amides is 2. The number of piperidine rings is 1. The molecule has 196 valence electrons. The van der Waals surface area contributed by atoms with Crippen LogP contribution in [0.3, 0.4) is 0 Å². The molecule has 2 N–H and O–H groups in total. The second-order valence-electron chi connectivity index (χ2n) is 9.94. The minimum atomic E-state index is -4.34. The second kappa shape index (κ2) is 9.97. The molecule has 36 heavy (non-hydrogen) atoms. The Labute approximate surface area is 210 Å². The first kappa shape index (κ1) is 24.9. The Balaban J connectivity index is 1.40. The Hall–Kier alpha value is -2.73. The standard InChI is InChI=1S/C24H32F2N6O3S/c1-30-10-8-18(9-11-30)32(19-13-27-31(14-19)15-22(25)26)36(34,35)29-24(33)28-23-20-6-2-4-16(20)12-17-5-3-7-21(17)23/h12-14,18,22H,2-11,15H2,1H3,(H2,28,29,33). The van der Waals surface area contributed by atoms with Crippen molar-refractivity contribution in [2.24, 2.45) is 0 Å². The molecule has 9 nitrogen and oxygen atoms in total. The lowest BCUT2D eigenvalue weighted by atomic mass is 9.99. The number of likely N-dealkylation sites (tertiary alicyclic amines) is 1. The summed E-state index contributed by atoms with van der Waals surface area (Å²) in [6.45, 7) is 0.714. The van der Waals surface area contributed by atoms with Crippen molar-refractivity contribution in [1.29, 1.82) is 0 Å². The van der Waals surface area contributed by atoms with E-state index in [2.05, 4.69) is 26.1 Å². The molecule has 1 saturated heterocycles. The van der Waals surface area contributed by atoms with Gasteiger partial charge in [-0.25, -0.2) is 22.6 Å². The molecule has 1 aromatic heterocycles. The van der Waals surface area contributed by atoms with Gasteiger partial charge >= 0.3 is 16.2 Å². The third-order valence-electron chi connectivity index (χ3n) is 7.41. The van der Waals surface area contributed by atoms with Gasteiger partial charge < -0.3 is 10.2 Å². The van der Waals surface area contributed by atoms with Gasteiger partial charge in [0.15, 0.2) is 0 Å². The molecule has 1 fully saturated rings. The van der Waals surface area contributed by atoms with Crippen LogP contribution in [-0.4, -0.2) is 61.7 Å². The monoisotopic (exact) mass is 522 g/mol. The average Bonchev–Trinajstić information content (AvgIpc) is 3.55. The Morgan fingerprint density at radius 1 is 1.14 bits per heavy atom. The number of hydrogen-bond donors (Lipinski definition) is 2. The molecule has 2 aromatic rings. The largest absolute Gasteiger partial charge is 0.334 e. The number of hydrogen-bond acceptors (Lipinski definition) is 5. The van der Waals surface area contributed by atoms with Crippen LogP contribution in [0.25, 0.3) is 0 Å². The van der Waals surface area contributed by atoms with E-state index >= 15 is 0 Å². The Bertz CT molecular complexity index is 1210. The van der Waals surface area contributed by atoms with Crippen LogP contribution in [0.5, 0.6) is 0 Å². The van der Waals surface area contributed by atoms with Crippen LogP contribution < -0.4 is 14.3 Å². The summed E-state index contributed by atoms with van der Waals surface area (Å²) in [5.74, 6) is 0. The smallest absolute Gasteiger partial charge is 0.307 e. The quantitative estimate of drug-likeness (QED) is 0.582. The van der Waals surface area contributed by atoms with Crippen LogP contribution in [0, 0.1) is 0 Å². The van der Waals surface area contributed by atoms with Crippen LogP contribution in [-0.2, 0) is 42.4 Å². The van der Waals surface area contributed by atoms with E-state index in [0.717, 1.165) is 64.3 Å². The molecular formula is C24H32F2N6O3S. The summed E-state index contributed by atoms with van der Waals surface area (Å²) in [5.41, 5.74) is 5.57. The first-order valence-electron chi connectivity index (χ1n) is 12.5. The SMILES string of the molecule is CN1CCC(N(c2cnn(CC(F)F)c2)S(=O)(=O)NC(=O)Nc2c3c(cc4c2CCC4)CCC3)CC1. The number of urea groups is 1. The molecule has 0 saturated carbocycles. The van der Waals surface area contributed by atoms with Crippen molar-refractivity contribution >= 4 is 27.6 Å². The van der Waals surface area contributed by atoms with Crippen molar-refractivity contribution in [2.75, 3.05) is 29.8 Å². The van der Waals surface area contributed by atoms with E-state index in [4.69, 9.17) is 0 Å². The number of carbonyl (C=O) groups excluding carboxylic acids is 1. The summed E-state index contributed by atoms with van der Waals surface area (Å²) < 4.78 is 57.2. The van der Waals surface area contributed by atoms with E-state index in [1.165, 1.54) is 23.5 Å². The van der Waals surface area contributed by atoms with Gasteiger partial charge in [0, 0.05) is 17.9 Å². The molecule has 2 aliphatic carbocycles. The molecule has 0 spiro atoms. The lowest BCUT2D eigenvalue weighted by Gasteiger charge is -2.36. The minimum absolute atomic E-state index is 0.159. The fourth-order valence-corrected chi connectivity index (χ4v) is 7.11. The summed E-state index contributed by atoms with van der Waals surface area (Å²) in [5, 5.41) is 6.78. The van der Waals surface area contributed by atoms with Gasteiger partial charge in [-0.15, -0.1) is 0 Å². The molecule has 2 amide bonds. The molecule has 0 unspecified atom stereocenters. The highest BCUT2D eigenvalue weighted by molar-refractivity contribution is 7.91. The number of aromatic nitrogens is 2. The van der Waals surface area contributed by atoms with Gasteiger partial charge in [-0.3, -0.25) is 4.68 Å². The molecule has 2 heterocycles. The van der Waals surface area contributed by atoms with Crippen molar-refractivity contribution in [2.45, 2.75) is 70.4 Å². The van der Waals surface area contributed by atoms with Gasteiger partial charge in [0.05, 0.1) is 11.9 Å².